The summed E-state index contributed by atoms with van der Waals surface area (Å²) in [6, 6.07) is 0. The molecule has 0 unspecified atom stereocenters. The standard InChI is InChI=1S/C12H12N2O/c15-9-12-7-13-10-14(12)8-11-5-3-1-2-4-6-11/h1,3-7,9-10H,2,8H2. The van der Waals surface area contributed by atoms with Crippen molar-refractivity contribution in [2.75, 3.05) is 0 Å². The van der Waals surface area contributed by atoms with Gasteiger partial charge in [0.2, 0.25) is 0 Å². The van der Waals surface area contributed by atoms with E-state index in [0.29, 0.717) is 12.2 Å². The monoisotopic (exact) mass is 200 g/mol. The van der Waals surface area contributed by atoms with Crippen LogP contribution in [-0.2, 0) is 6.54 Å². The average molecular weight is 200 g/mol. The first kappa shape index (κ1) is 9.65. The van der Waals surface area contributed by atoms with E-state index in [-0.39, 0.29) is 0 Å². The molecule has 1 aliphatic carbocycles. The highest BCUT2D eigenvalue weighted by molar-refractivity contribution is 5.71. The molecule has 3 heteroatoms. The van der Waals surface area contributed by atoms with Crippen molar-refractivity contribution < 1.29 is 4.79 Å². The van der Waals surface area contributed by atoms with E-state index in [0.717, 1.165) is 12.7 Å². The zero-order valence-corrected chi connectivity index (χ0v) is 8.34. The molecule has 0 bridgehead atoms. The molecule has 2 rings (SSSR count). The van der Waals surface area contributed by atoms with Crippen molar-refractivity contribution in [2.24, 2.45) is 0 Å². The first-order valence-corrected chi connectivity index (χ1v) is 4.87. The summed E-state index contributed by atoms with van der Waals surface area (Å²) in [6.45, 7) is 0.689. The number of aldehydes is 1. The fourth-order valence-corrected chi connectivity index (χ4v) is 1.49. The Balaban J connectivity index is 2.18. The number of nitrogens with zero attached hydrogens (tertiary/aromatic N) is 2. The first-order valence-electron chi connectivity index (χ1n) is 4.87. The highest BCUT2D eigenvalue weighted by Crippen LogP contribution is 2.08. The third kappa shape index (κ3) is 2.31. The topological polar surface area (TPSA) is 34.9 Å². The average Bonchev–Trinajstić information content (AvgIpc) is 2.53. The van der Waals surface area contributed by atoms with Gasteiger partial charge < -0.3 is 4.57 Å². The van der Waals surface area contributed by atoms with Gasteiger partial charge in [0.25, 0.3) is 0 Å². The number of allylic oxidation sites excluding steroid dienone is 6. The molecular formula is C12H12N2O. The Morgan fingerprint density at radius 2 is 2.40 bits per heavy atom. The van der Waals surface area contributed by atoms with Gasteiger partial charge in [-0.1, -0.05) is 30.4 Å². The quantitative estimate of drug-likeness (QED) is 0.700. The minimum absolute atomic E-state index is 0.609. The van der Waals surface area contributed by atoms with Crippen LogP contribution in [0.5, 0.6) is 0 Å². The fourth-order valence-electron chi connectivity index (χ4n) is 1.49. The van der Waals surface area contributed by atoms with E-state index in [1.54, 1.807) is 12.5 Å². The van der Waals surface area contributed by atoms with Crippen molar-refractivity contribution in [2.45, 2.75) is 13.0 Å². The van der Waals surface area contributed by atoms with Gasteiger partial charge in [-0.3, -0.25) is 4.79 Å². The predicted molar refractivity (Wildman–Crippen MR) is 58.6 cm³/mol. The summed E-state index contributed by atoms with van der Waals surface area (Å²) in [7, 11) is 0. The summed E-state index contributed by atoms with van der Waals surface area (Å²) in [4.78, 5) is 14.6. The van der Waals surface area contributed by atoms with Crippen molar-refractivity contribution >= 4 is 6.29 Å². The normalized spacial score (nSPS) is 14.8. The van der Waals surface area contributed by atoms with Gasteiger partial charge in [0.1, 0.15) is 5.69 Å². The predicted octanol–water partition coefficient (Wildman–Crippen LogP) is 2.14. The van der Waals surface area contributed by atoms with Crippen LogP contribution in [0.3, 0.4) is 0 Å². The molecule has 0 aromatic carbocycles. The molecule has 76 valence electrons. The minimum Gasteiger partial charge on any atom is -0.324 e. The molecule has 0 spiro atoms. The molecule has 0 fully saturated rings. The second-order valence-electron chi connectivity index (χ2n) is 3.37. The molecular weight excluding hydrogens is 188 g/mol. The molecule has 0 atom stereocenters. The van der Waals surface area contributed by atoms with Crippen molar-refractivity contribution in [3.63, 3.8) is 0 Å². The third-order valence-corrected chi connectivity index (χ3v) is 2.27. The van der Waals surface area contributed by atoms with Gasteiger partial charge in [-0.2, -0.15) is 0 Å². The van der Waals surface area contributed by atoms with Gasteiger partial charge in [0.05, 0.1) is 12.5 Å². The van der Waals surface area contributed by atoms with Crippen LogP contribution in [0.4, 0.5) is 0 Å². The van der Waals surface area contributed by atoms with Crippen molar-refractivity contribution in [1.29, 1.82) is 0 Å². The highest BCUT2D eigenvalue weighted by Gasteiger charge is 2.01. The molecule has 3 nitrogen and oxygen atoms in total. The van der Waals surface area contributed by atoms with Crippen LogP contribution in [0.15, 0.2) is 48.5 Å². The SMILES string of the molecule is O=Cc1cncn1CC1=CC=CCC=C1. The second kappa shape index (κ2) is 4.55. The fraction of sp³-hybridized carbons (Fsp3) is 0.167. The van der Waals surface area contributed by atoms with Gasteiger partial charge >= 0.3 is 0 Å². The van der Waals surface area contributed by atoms with Crippen LogP contribution in [0.1, 0.15) is 16.9 Å². The Morgan fingerprint density at radius 1 is 1.47 bits per heavy atom. The Labute approximate surface area is 88.4 Å². The van der Waals surface area contributed by atoms with Gasteiger partial charge in [0.15, 0.2) is 6.29 Å². The summed E-state index contributed by atoms with van der Waals surface area (Å²) >= 11 is 0. The summed E-state index contributed by atoms with van der Waals surface area (Å²) in [6.07, 6.45) is 15.4. The molecule has 1 aliphatic rings. The van der Waals surface area contributed by atoms with E-state index in [1.165, 1.54) is 5.57 Å². The van der Waals surface area contributed by atoms with Crippen molar-refractivity contribution in [3.05, 3.63) is 54.2 Å². The third-order valence-electron chi connectivity index (χ3n) is 2.27. The molecule has 1 aromatic heterocycles. The van der Waals surface area contributed by atoms with E-state index in [1.807, 2.05) is 10.6 Å². The maximum Gasteiger partial charge on any atom is 0.168 e. The van der Waals surface area contributed by atoms with E-state index in [2.05, 4.69) is 29.3 Å². The van der Waals surface area contributed by atoms with Crippen LogP contribution in [-0.4, -0.2) is 15.8 Å². The van der Waals surface area contributed by atoms with E-state index in [9.17, 15) is 4.79 Å². The molecule has 0 radical (unpaired) electrons. The van der Waals surface area contributed by atoms with E-state index >= 15 is 0 Å². The molecule has 0 aliphatic heterocycles. The van der Waals surface area contributed by atoms with Crippen LogP contribution >= 0.6 is 0 Å². The number of carbonyl (C=O) groups excluding carboxylic acids is 1. The molecule has 1 aromatic rings. The highest BCUT2D eigenvalue weighted by atomic mass is 16.1. The number of imidazole rings is 1. The Morgan fingerprint density at radius 3 is 3.27 bits per heavy atom. The maximum atomic E-state index is 10.7. The number of carbonyl (C=O) groups is 1. The van der Waals surface area contributed by atoms with Gasteiger partial charge in [-0.25, -0.2) is 4.98 Å². The van der Waals surface area contributed by atoms with Crippen molar-refractivity contribution in [3.8, 4) is 0 Å². The molecule has 1 heterocycles. The van der Waals surface area contributed by atoms with Crippen LogP contribution in [0, 0.1) is 0 Å². The molecule has 0 saturated heterocycles. The molecule has 0 amide bonds. The van der Waals surface area contributed by atoms with Crippen LogP contribution < -0.4 is 0 Å². The van der Waals surface area contributed by atoms with Gasteiger partial charge in [-0.05, 0) is 12.0 Å². The number of aromatic nitrogens is 2. The van der Waals surface area contributed by atoms with Crippen LogP contribution in [0.2, 0.25) is 0 Å². The van der Waals surface area contributed by atoms with Crippen LogP contribution in [0.25, 0.3) is 0 Å². The Hall–Kier alpha value is -1.90. The lowest BCUT2D eigenvalue weighted by atomic mass is 10.2. The first-order chi connectivity index (χ1) is 7.40. The summed E-state index contributed by atoms with van der Waals surface area (Å²) in [5.74, 6) is 0. The van der Waals surface area contributed by atoms with Gasteiger partial charge in [0, 0.05) is 6.54 Å². The van der Waals surface area contributed by atoms with Crippen molar-refractivity contribution in [1.82, 2.24) is 9.55 Å². The van der Waals surface area contributed by atoms with Gasteiger partial charge in [-0.15, -0.1) is 0 Å². The van der Waals surface area contributed by atoms with E-state index < -0.39 is 0 Å². The molecule has 15 heavy (non-hydrogen) atoms. The van der Waals surface area contributed by atoms with E-state index in [4.69, 9.17) is 0 Å². The Kier molecular flexibility index (Phi) is 2.93. The largest absolute Gasteiger partial charge is 0.324 e. The lowest BCUT2D eigenvalue weighted by molar-refractivity contribution is 0.111. The molecule has 0 saturated carbocycles. The number of rotatable bonds is 3. The molecule has 0 N–H and O–H groups in total. The number of hydrogen-bond donors (Lipinski definition) is 0. The Bertz CT molecular complexity index is 438. The smallest absolute Gasteiger partial charge is 0.168 e. The number of hydrogen-bond acceptors (Lipinski definition) is 2. The zero-order valence-electron chi connectivity index (χ0n) is 8.34. The lowest BCUT2D eigenvalue weighted by Crippen LogP contribution is -2.02. The maximum absolute atomic E-state index is 10.7. The summed E-state index contributed by atoms with van der Waals surface area (Å²) in [5, 5.41) is 0. The second-order valence-corrected chi connectivity index (χ2v) is 3.37. The minimum atomic E-state index is 0.609. The summed E-state index contributed by atoms with van der Waals surface area (Å²) < 4.78 is 1.84. The zero-order chi connectivity index (χ0) is 10.5. The lowest BCUT2D eigenvalue weighted by Gasteiger charge is -2.04. The summed E-state index contributed by atoms with van der Waals surface area (Å²) in [5.41, 5.74) is 1.78.